The largest absolute Gasteiger partial charge is 0.302 e. The van der Waals surface area contributed by atoms with Crippen molar-refractivity contribution in [3.63, 3.8) is 0 Å². The van der Waals surface area contributed by atoms with Crippen LogP contribution in [0.5, 0.6) is 0 Å². The summed E-state index contributed by atoms with van der Waals surface area (Å²) in [6.45, 7) is 3.16. The van der Waals surface area contributed by atoms with Crippen molar-refractivity contribution in [2.45, 2.75) is 18.7 Å². The summed E-state index contributed by atoms with van der Waals surface area (Å²) in [4.78, 5) is 19.9. The Morgan fingerprint density at radius 1 is 1.43 bits per heavy atom. The van der Waals surface area contributed by atoms with Gasteiger partial charge in [0.1, 0.15) is 10.0 Å². The highest BCUT2D eigenvalue weighted by Gasteiger charge is 2.17. The Hall–Kier alpha value is -1.51. The van der Waals surface area contributed by atoms with Gasteiger partial charge in [-0.15, -0.1) is 0 Å². The molecule has 0 saturated carbocycles. The minimum Gasteiger partial charge on any atom is -0.302 e. The SMILES string of the molecule is CC(=O)Nc1nc(C)c(-c2cnc(Cl)c(S(C)(=O)=O)c2)s1. The molecule has 1 N–H and O–H groups in total. The van der Waals surface area contributed by atoms with E-state index in [-0.39, 0.29) is 16.0 Å². The summed E-state index contributed by atoms with van der Waals surface area (Å²) >= 11 is 7.07. The second-order valence-corrected chi connectivity index (χ2v) is 7.74. The van der Waals surface area contributed by atoms with Crippen LogP contribution in [0.15, 0.2) is 17.2 Å². The van der Waals surface area contributed by atoms with Crippen molar-refractivity contribution >= 4 is 43.8 Å². The third-order valence-electron chi connectivity index (χ3n) is 2.55. The van der Waals surface area contributed by atoms with E-state index in [1.165, 1.54) is 30.5 Å². The van der Waals surface area contributed by atoms with Crippen LogP contribution in [0.3, 0.4) is 0 Å². The first-order valence-electron chi connectivity index (χ1n) is 5.79. The average molecular weight is 346 g/mol. The molecular weight excluding hydrogens is 334 g/mol. The maximum absolute atomic E-state index is 11.7. The minimum absolute atomic E-state index is 0.0319. The number of carbonyl (C=O) groups excluding carboxylic acids is 1. The van der Waals surface area contributed by atoms with Gasteiger partial charge in [-0.05, 0) is 13.0 Å². The van der Waals surface area contributed by atoms with Gasteiger partial charge < -0.3 is 5.32 Å². The van der Waals surface area contributed by atoms with E-state index in [1.54, 1.807) is 6.92 Å². The van der Waals surface area contributed by atoms with Crippen LogP contribution in [0, 0.1) is 6.92 Å². The quantitative estimate of drug-likeness (QED) is 0.863. The predicted molar refractivity (Wildman–Crippen MR) is 82.5 cm³/mol. The van der Waals surface area contributed by atoms with Gasteiger partial charge in [0.25, 0.3) is 0 Å². The van der Waals surface area contributed by atoms with Crippen LogP contribution in [0.1, 0.15) is 12.6 Å². The Morgan fingerprint density at radius 3 is 2.67 bits per heavy atom. The van der Waals surface area contributed by atoms with Gasteiger partial charge in [-0.3, -0.25) is 4.79 Å². The number of anilines is 1. The number of rotatable bonds is 3. The van der Waals surface area contributed by atoms with E-state index in [0.29, 0.717) is 16.4 Å². The molecule has 0 fully saturated rings. The Balaban J connectivity index is 2.53. The molecule has 0 saturated heterocycles. The summed E-state index contributed by atoms with van der Waals surface area (Å²) in [6, 6.07) is 1.46. The zero-order chi connectivity index (χ0) is 15.8. The van der Waals surface area contributed by atoms with Gasteiger partial charge in [-0.1, -0.05) is 22.9 Å². The highest BCUT2D eigenvalue weighted by molar-refractivity contribution is 7.90. The summed E-state index contributed by atoms with van der Waals surface area (Å²) in [5, 5.41) is 2.98. The van der Waals surface area contributed by atoms with Crippen LogP contribution in [-0.4, -0.2) is 30.5 Å². The fourth-order valence-electron chi connectivity index (χ4n) is 1.68. The molecule has 2 aromatic rings. The van der Waals surface area contributed by atoms with E-state index >= 15 is 0 Å². The number of nitrogens with zero attached hydrogens (tertiary/aromatic N) is 2. The predicted octanol–water partition coefficient (Wildman–Crippen LogP) is 2.53. The second kappa shape index (κ2) is 5.70. The molecule has 0 aromatic carbocycles. The van der Waals surface area contributed by atoms with Gasteiger partial charge in [0, 0.05) is 24.9 Å². The van der Waals surface area contributed by atoms with Crippen molar-refractivity contribution < 1.29 is 13.2 Å². The molecule has 0 aliphatic rings. The fraction of sp³-hybridized carbons (Fsp3) is 0.250. The zero-order valence-electron chi connectivity index (χ0n) is 11.5. The van der Waals surface area contributed by atoms with Crippen LogP contribution in [0.25, 0.3) is 10.4 Å². The molecule has 0 aliphatic carbocycles. The molecule has 0 aliphatic heterocycles. The molecule has 21 heavy (non-hydrogen) atoms. The first kappa shape index (κ1) is 15.9. The molecule has 0 atom stereocenters. The average Bonchev–Trinajstić information content (AvgIpc) is 2.68. The second-order valence-electron chi connectivity index (χ2n) is 4.40. The molecule has 6 nitrogen and oxygen atoms in total. The summed E-state index contributed by atoms with van der Waals surface area (Å²) < 4.78 is 23.4. The number of amides is 1. The third kappa shape index (κ3) is 3.58. The molecule has 2 rings (SSSR count). The highest BCUT2D eigenvalue weighted by Crippen LogP contribution is 2.34. The molecule has 0 unspecified atom stereocenters. The Kier molecular flexibility index (Phi) is 4.31. The van der Waals surface area contributed by atoms with Gasteiger partial charge >= 0.3 is 0 Å². The third-order valence-corrected chi connectivity index (χ3v) is 5.19. The maximum Gasteiger partial charge on any atom is 0.223 e. The van der Waals surface area contributed by atoms with Crippen molar-refractivity contribution in [3.8, 4) is 10.4 Å². The van der Waals surface area contributed by atoms with E-state index in [1.807, 2.05) is 0 Å². The topological polar surface area (TPSA) is 89.0 Å². The molecule has 2 heterocycles. The summed E-state index contributed by atoms with van der Waals surface area (Å²) in [6.07, 6.45) is 2.55. The number of hydrogen-bond donors (Lipinski definition) is 1. The van der Waals surface area contributed by atoms with Crippen LogP contribution < -0.4 is 5.32 Å². The maximum atomic E-state index is 11.7. The zero-order valence-corrected chi connectivity index (χ0v) is 13.9. The van der Waals surface area contributed by atoms with Crippen LogP contribution in [0.4, 0.5) is 5.13 Å². The van der Waals surface area contributed by atoms with Crippen molar-refractivity contribution in [3.05, 3.63) is 23.1 Å². The Labute approximate surface area is 131 Å². The van der Waals surface area contributed by atoms with E-state index < -0.39 is 9.84 Å². The molecule has 0 bridgehead atoms. The summed E-state index contributed by atoms with van der Waals surface area (Å²) in [5.74, 6) is -0.221. The van der Waals surface area contributed by atoms with Crippen LogP contribution in [0.2, 0.25) is 5.15 Å². The van der Waals surface area contributed by atoms with E-state index in [4.69, 9.17) is 11.6 Å². The number of nitrogens with one attached hydrogen (secondary N) is 1. The summed E-state index contributed by atoms with van der Waals surface area (Å²) in [5.41, 5.74) is 1.26. The number of pyridine rings is 1. The van der Waals surface area contributed by atoms with Crippen molar-refractivity contribution in [2.75, 3.05) is 11.6 Å². The smallest absolute Gasteiger partial charge is 0.223 e. The Morgan fingerprint density at radius 2 is 2.10 bits per heavy atom. The minimum atomic E-state index is -3.47. The lowest BCUT2D eigenvalue weighted by Gasteiger charge is -2.04. The first-order chi connectivity index (χ1) is 9.68. The molecule has 1 amide bonds. The van der Waals surface area contributed by atoms with Gasteiger partial charge in [0.05, 0.1) is 10.6 Å². The lowest BCUT2D eigenvalue weighted by molar-refractivity contribution is -0.114. The van der Waals surface area contributed by atoms with Gasteiger partial charge in [0.15, 0.2) is 15.0 Å². The van der Waals surface area contributed by atoms with Gasteiger partial charge in [-0.2, -0.15) is 0 Å². The number of thiazole rings is 1. The standard InChI is InChI=1S/C12H12ClN3O3S2/c1-6-10(20-12(15-6)16-7(2)17)8-4-9(21(3,18)19)11(13)14-5-8/h4-5H,1-3H3,(H,15,16,17). The number of carbonyl (C=O) groups is 1. The normalized spacial score (nSPS) is 11.4. The number of aromatic nitrogens is 2. The number of aryl methyl sites for hydroxylation is 1. The number of hydrogen-bond acceptors (Lipinski definition) is 6. The molecular formula is C12H12ClN3O3S2. The van der Waals surface area contributed by atoms with Crippen LogP contribution >= 0.6 is 22.9 Å². The van der Waals surface area contributed by atoms with Crippen molar-refractivity contribution in [2.24, 2.45) is 0 Å². The number of sulfone groups is 1. The van der Waals surface area contributed by atoms with E-state index in [2.05, 4.69) is 15.3 Å². The van der Waals surface area contributed by atoms with Crippen molar-refractivity contribution in [1.82, 2.24) is 9.97 Å². The molecule has 9 heteroatoms. The molecule has 0 spiro atoms. The first-order valence-corrected chi connectivity index (χ1v) is 8.88. The lowest BCUT2D eigenvalue weighted by atomic mass is 10.2. The van der Waals surface area contributed by atoms with Gasteiger partial charge in [0.2, 0.25) is 5.91 Å². The molecule has 2 aromatic heterocycles. The van der Waals surface area contributed by atoms with Crippen molar-refractivity contribution in [1.29, 1.82) is 0 Å². The monoisotopic (exact) mass is 345 g/mol. The van der Waals surface area contributed by atoms with Crippen LogP contribution in [-0.2, 0) is 14.6 Å². The molecule has 0 radical (unpaired) electrons. The van der Waals surface area contributed by atoms with Gasteiger partial charge in [-0.25, -0.2) is 18.4 Å². The molecule has 112 valence electrons. The lowest BCUT2D eigenvalue weighted by Crippen LogP contribution is -2.04. The number of halogens is 1. The Bertz CT molecular complexity index is 815. The highest BCUT2D eigenvalue weighted by atomic mass is 35.5. The fourth-order valence-corrected chi connectivity index (χ4v) is 3.90. The van der Waals surface area contributed by atoms with E-state index in [0.717, 1.165) is 11.1 Å². The summed E-state index contributed by atoms with van der Waals surface area (Å²) in [7, 11) is -3.47. The van der Waals surface area contributed by atoms with E-state index in [9.17, 15) is 13.2 Å².